The third kappa shape index (κ3) is 4.26. The van der Waals surface area contributed by atoms with Crippen LogP contribution in [0, 0.1) is 5.82 Å². The van der Waals surface area contributed by atoms with Gasteiger partial charge in [-0.05, 0) is 46.6 Å². The molecule has 1 aromatic heterocycles. The number of nitrogens with zero attached hydrogens (tertiary/aromatic N) is 1. The second-order valence-corrected chi connectivity index (χ2v) is 5.36. The lowest BCUT2D eigenvalue weighted by molar-refractivity contribution is 0.102. The van der Waals surface area contributed by atoms with Gasteiger partial charge in [0.1, 0.15) is 11.6 Å². The first-order valence-electron chi connectivity index (χ1n) is 6.56. The normalized spacial score (nSPS) is 10.2. The number of amides is 1. The highest BCUT2D eigenvalue weighted by Crippen LogP contribution is 2.20. The van der Waals surface area contributed by atoms with E-state index in [1.54, 1.807) is 24.4 Å². The molecule has 0 spiro atoms. The molecule has 2 rings (SSSR count). The Hall–Kier alpha value is -1.95. The van der Waals surface area contributed by atoms with E-state index in [1.807, 2.05) is 6.92 Å². The fourth-order valence-corrected chi connectivity index (χ4v) is 2.09. The Labute approximate surface area is 130 Å². The molecule has 0 unspecified atom stereocenters. The summed E-state index contributed by atoms with van der Waals surface area (Å²) in [6, 6.07) is 7.44. The van der Waals surface area contributed by atoms with Crippen LogP contribution in [-0.2, 0) is 0 Å². The Morgan fingerprint density at radius 2 is 2.19 bits per heavy atom. The molecule has 0 radical (unpaired) electrons. The molecule has 0 bridgehead atoms. The van der Waals surface area contributed by atoms with E-state index < -0.39 is 5.82 Å². The molecule has 1 aromatic carbocycles. The van der Waals surface area contributed by atoms with Crippen molar-refractivity contribution < 1.29 is 9.18 Å². The number of anilines is 2. The van der Waals surface area contributed by atoms with Crippen LogP contribution in [0.25, 0.3) is 0 Å². The summed E-state index contributed by atoms with van der Waals surface area (Å²) in [6.45, 7) is 2.74. The zero-order valence-corrected chi connectivity index (χ0v) is 13.1. The van der Waals surface area contributed by atoms with E-state index in [0.29, 0.717) is 21.5 Å². The van der Waals surface area contributed by atoms with Crippen LogP contribution in [0.3, 0.4) is 0 Å². The maximum atomic E-state index is 13.1. The first-order chi connectivity index (χ1) is 10.1. The summed E-state index contributed by atoms with van der Waals surface area (Å²) in [5, 5.41) is 5.76. The highest BCUT2D eigenvalue weighted by atomic mass is 79.9. The standard InChI is InChI=1S/C15H15BrFN3O/c1-2-6-18-14-13(7-10(16)9-19-14)15(21)20-12-5-3-4-11(17)8-12/h3-5,7-9H,2,6H2,1H3,(H,18,19)(H,20,21). The number of halogens is 2. The van der Waals surface area contributed by atoms with Crippen molar-refractivity contribution in [3.8, 4) is 0 Å². The lowest BCUT2D eigenvalue weighted by Crippen LogP contribution is -2.16. The quantitative estimate of drug-likeness (QED) is 0.853. The van der Waals surface area contributed by atoms with Crippen molar-refractivity contribution in [3.05, 3.63) is 52.4 Å². The lowest BCUT2D eigenvalue weighted by Gasteiger charge is -2.11. The van der Waals surface area contributed by atoms with Crippen molar-refractivity contribution in [2.24, 2.45) is 0 Å². The Bertz CT molecular complexity index is 649. The van der Waals surface area contributed by atoms with Gasteiger partial charge >= 0.3 is 0 Å². The average Bonchev–Trinajstić information content (AvgIpc) is 2.46. The van der Waals surface area contributed by atoms with Crippen LogP contribution in [0.1, 0.15) is 23.7 Å². The second-order valence-electron chi connectivity index (χ2n) is 4.44. The van der Waals surface area contributed by atoms with Crippen molar-refractivity contribution in [2.75, 3.05) is 17.2 Å². The summed E-state index contributed by atoms with van der Waals surface area (Å²) >= 11 is 3.30. The van der Waals surface area contributed by atoms with Crippen LogP contribution >= 0.6 is 15.9 Å². The molecule has 0 fully saturated rings. The summed E-state index contributed by atoms with van der Waals surface area (Å²) in [6.07, 6.45) is 2.54. The summed E-state index contributed by atoms with van der Waals surface area (Å²) in [4.78, 5) is 16.5. The predicted molar refractivity (Wildman–Crippen MR) is 85.1 cm³/mol. The van der Waals surface area contributed by atoms with Gasteiger partial charge in [0.15, 0.2) is 0 Å². The minimum atomic E-state index is -0.399. The molecule has 2 aromatic rings. The number of carbonyl (C=O) groups is 1. The number of benzene rings is 1. The maximum absolute atomic E-state index is 13.1. The number of hydrogen-bond donors (Lipinski definition) is 2. The fourth-order valence-electron chi connectivity index (χ4n) is 1.76. The van der Waals surface area contributed by atoms with Crippen molar-refractivity contribution in [2.45, 2.75) is 13.3 Å². The largest absolute Gasteiger partial charge is 0.369 e. The van der Waals surface area contributed by atoms with Gasteiger partial charge in [-0.25, -0.2) is 9.37 Å². The van der Waals surface area contributed by atoms with Gasteiger partial charge in [-0.2, -0.15) is 0 Å². The molecule has 6 heteroatoms. The van der Waals surface area contributed by atoms with Gasteiger partial charge in [0.05, 0.1) is 5.56 Å². The number of rotatable bonds is 5. The topological polar surface area (TPSA) is 54.0 Å². The number of nitrogens with one attached hydrogen (secondary N) is 2. The zero-order valence-electron chi connectivity index (χ0n) is 11.5. The summed E-state index contributed by atoms with van der Waals surface area (Å²) in [5.41, 5.74) is 0.809. The van der Waals surface area contributed by atoms with Gasteiger partial charge in [0.25, 0.3) is 5.91 Å². The summed E-state index contributed by atoms with van der Waals surface area (Å²) in [7, 11) is 0. The van der Waals surface area contributed by atoms with Crippen LogP contribution in [0.15, 0.2) is 41.0 Å². The lowest BCUT2D eigenvalue weighted by atomic mass is 10.2. The first kappa shape index (κ1) is 15.4. The van der Waals surface area contributed by atoms with Crippen molar-refractivity contribution in [1.82, 2.24) is 4.98 Å². The van der Waals surface area contributed by atoms with Gasteiger partial charge in [-0.15, -0.1) is 0 Å². The number of pyridine rings is 1. The van der Waals surface area contributed by atoms with E-state index in [-0.39, 0.29) is 5.91 Å². The fraction of sp³-hybridized carbons (Fsp3) is 0.200. The van der Waals surface area contributed by atoms with Gasteiger partial charge in [-0.1, -0.05) is 13.0 Å². The zero-order chi connectivity index (χ0) is 15.2. The van der Waals surface area contributed by atoms with Crippen LogP contribution in [0.4, 0.5) is 15.9 Å². The Morgan fingerprint density at radius 1 is 1.38 bits per heavy atom. The number of carbonyl (C=O) groups excluding carboxylic acids is 1. The first-order valence-corrected chi connectivity index (χ1v) is 7.35. The van der Waals surface area contributed by atoms with E-state index in [2.05, 4.69) is 31.5 Å². The SMILES string of the molecule is CCCNc1ncc(Br)cc1C(=O)Nc1cccc(F)c1. The molecule has 0 atom stereocenters. The van der Waals surface area contributed by atoms with E-state index in [1.165, 1.54) is 12.1 Å². The molecule has 4 nitrogen and oxygen atoms in total. The third-order valence-corrected chi connectivity index (χ3v) is 3.16. The van der Waals surface area contributed by atoms with E-state index in [0.717, 1.165) is 13.0 Å². The molecule has 0 aliphatic rings. The molecular weight excluding hydrogens is 337 g/mol. The molecular formula is C15H15BrFN3O. The molecule has 0 aliphatic heterocycles. The van der Waals surface area contributed by atoms with Crippen molar-refractivity contribution >= 4 is 33.3 Å². The molecule has 21 heavy (non-hydrogen) atoms. The molecule has 0 saturated carbocycles. The molecule has 2 N–H and O–H groups in total. The van der Waals surface area contributed by atoms with E-state index in [4.69, 9.17) is 0 Å². The highest BCUT2D eigenvalue weighted by molar-refractivity contribution is 9.10. The minimum Gasteiger partial charge on any atom is -0.369 e. The Kier molecular flexibility index (Phi) is 5.27. The monoisotopic (exact) mass is 351 g/mol. The van der Waals surface area contributed by atoms with Crippen molar-refractivity contribution in [1.29, 1.82) is 0 Å². The Balaban J connectivity index is 2.23. The van der Waals surface area contributed by atoms with Gasteiger partial charge in [0, 0.05) is 22.9 Å². The molecule has 1 heterocycles. The van der Waals surface area contributed by atoms with Crippen LogP contribution in [-0.4, -0.2) is 17.4 Å². The van der Waals surface area contributed by atoms with Crippen molar-refractivity contribution in [3.63, 3.8) is 0 Å². The highest BCUT2D eigenvalue weighted by Gasteiger charge is 2.13. The maximum Gasteiger partial charge on any atom is 0.259 e. The van der Waals surface area contributed by atoms with Gasteiger partial charge < -0.3 is 10.6 Å². The minimum absolute atomic E-state index is 0.340. The molecule has 0 aliphatic carbocycles. The number of aromatic nitrogens is 1. The molecule has 110 valence electrons. The van der Waals surface area contributed by atoms with Crippen LogP contribution in [0.5, 0.6) is 0 Å². The Morgan fingerprint density at radius 3 is 2.90 bits per heavy atom. The average molecular weight is 352 g/mol. The van der Waals surface area contributed by atoms with E-state index >= 15 is 0 Å². The second kappa shape index (κ2) is 7.17. The number of hydrogen-bond acceptors (Lipinski definition) is 3. The van der Waals surface area contributed by atoms with Gasteiger partial charge in [-0.3, -0.25) is 4.79 Å². The van der Waals surface area contributed by atoms with Crippen LogP contribution in [0.2, 0.25) is 0 Å². The summed E-state index contributed by atoms with van der Waals surface area (Å²) < 4.78 is 13.8. The third-order valence-electron chi connectivity index (χ3n) is 2.72. The smallest absolute Gasteiger partial charge is 0.259 e. The molecule has 1 amide bonds. The molecule has 0 saturated heterocycles. The van der Waals surface area contributed by atoms with E-state index in [9.17, 15) is 9.18 Å². The van der Waals surface area contributed by atoms with Gasteiger partial charge in [0.2, 0.25) is 0 Å². The predicted octanol–water partition coefficient (Wildman–Crippen LogP) is 4.06. The summed E-state index contributed by atoms with van der Waals surface area (Å²) in [5.74, 6) is -0.230. The van der Waals surface area contributed by atoms with Crippen LogP contribution < -0.4 is 10.6 Å².